The first-order valence-electron chi connectivity index (χ1n) is 14.5. The number of aliphatic hydroxyl groups excluding tert-OH is 1. The van der Waals surface area contributed by atoms with Gasteiger partial charge in [-0.1, -0.05) is 96.7 Å². The molecule has 3 rings (SSSR count). The number of hydrogen-bond acceptors (Lipinski definition) is 5. The van der Waals surface area contributed by atoms with E-state index in [1.54, 1.807) is 0 Å². The average molecular weight is 585 g/mol. The highest BCUT2D eigenvalue weighted by molar-refractivity contribution is 6.17. The van der Waals surface area contributed by atoms with Crippen molar-refractivity contribution in [1.82, 2.24) is 0 Å². The summed E-state index contributed by atoms with van der Waals surface area (Å²) in [6, 6.07) is 0.343. The highest BCUT2D eigenvalue weighted by Gasteiger charge is 2.38. The third-order valence-electron chi connectivity index (χ3n) is 8.40. The molecule has 39 heavy (non-hydrogen) atoms. The third kappa shape index (κ3) is 15.1. The molecule has 5 nitrogen and oxygen atoms in total. The number of esters is 1. The number of ether oxygens (including phenoxy) is 3. The average Bonchev–Trinajstić information content (AvgIpc) is 2.91. The summed E-state index contributed by atoms with van der Waals surface area (Å²) < 4.78 is 51.1. The SMILES string of the molecule is C=C(C(=O)OCOCC1(C)CCCCC1)C(F)(F)F.CC1(CO)CCCCC1.CC1(COCCl)CCCCC1. The van der Waals surface area contributed by atoms with Crippen LogP contribution in [0.25, 0.3) is 0 Å². The zero-order valence-corrected chi connectivity index (χ0v) is 25.2. The van der Waals surface area contributed by atoms with Gasteiger partial charge in [0.15, 0.2) is 6.79 Å². The molecule has 0 aromatic rings. The molecule has 0 aromatic heterocycles. The second-order valence-electron chi connectivity index (χ2n) is 12.6. The van der Waals surface area contributed by atoms with Gasteiger partial charge in [-0.2, -0.15) is 13.2 Å². The van der Waals surface area contributed by atoms with Crippen molar-refractivity contribution in [2.45, 2.75) is 123 Å². The van der Waals surface area contributed by atoms with Crippen LogP contribution in [-0.2, 0) is 19.0 Å². The number of carbonyl (C=O) groups is 1. The van der Waals surface area contributed by atoms with Gasteiger partial charge in [0, 0.05) is 6.61 Å². The van der Waals surface area contributed by atoms with E-state index in [-0.39, 0.29) is 10.8 Å². The van der Waals surface area contributed by atoms with Gasteiger partial charge >= 0.3 is 12.1 Å². The maximum absolute atomic E-state index is 12.1. The molecule has 0 saturated heterocycles. The molecule has 0 radical (unpaired) electrons. The molecule has 0 amide bonds. The minimum atomic E-state index is -4.76. The van der Waals surface area contributed by atoms with E-state index in [4.69, 9.17) is 26.2 Å². The summed E-state index contributed by atoms with van der Waals surface area (Å²) in [5.41, 5.74) is -0.781. The fourth-order valence-corrected chi connectivity index (χ4v) is 5.61. The fourth-order valence-electron chi connectivity index (χ4n) is 5.53. The lowest BCUT2D eigenvalue weighted by Gasteiger charge is -2.32. The molecule has 3 aliphatic carbocycles. The molecule has 1 N–H and O–H groups in total. The van der Waals surface area contributed by atoms with Crippen LogP contribution in [0.4, 0.5) is 13.2 Å². The zero-order valence-electron chi connectivity index (χ0n) is 24.4. The molecule has 3 fully saturated rings. The van der Waals surface area contributed by atoms with Crippen LogP contribution >= 0.6 is 11.6 Å². The Hall–Kier alpha value is -0.830. The largest absolute Gasteiger partial charge is 0.435 e. The Bertz CT molecular complexity index is 695. The van der Waals surface area contributed by atoms with Crippen molar-refractivity contribution in [2.75, 3.05) is 32.7 Å². The number of hydrogen-bond donors (Lipinski definition) is 1. The molecule has 3 aliphatic rings. The van der Waals surface area contributed by atoms with Crippen LogP contribution in [0, 0.1) is 16.2 Å². The van der Waals surface area contributed by atoms with E-state index in [9.17, 15) is 18.0 Å². The lowest BCUT2D eigenvalue weighted by Crippen LogP contribution is -2.28. The first-order valence-corrected chi connectivity index (χ1v) is 15.1. The minimum absolute atomic E-state index is 0.0334. The number of aliphatic hydroxyl groups is 1. The van der Waals surface area contributed by atoms with Gasteiger partial charge in [0.1, 0.15) is 11.6 Å². The van der Waals surface area contributed by atoms with Gasteiger partial charge in [-0.05, 0) is 54.8 Å². The van der Waals surface area contributed by atoms with Gasteiger partial charge in [-0.3, -0.25) is 0 Å². The Labute approximate surface area is 239 Å². The Kier molecular flexibility index (Phi) is 16.6. The van der Waals surface area contributed by atoms with Crippen LogP contribution in [0.15, 0.2) is 12.2 Å². The molecule has 3 saturated carbocycles. The number of alkyl halides is 4. The molecule has 0 aromatic carbocycles. The summed E-state index contributed by atoms with van der Waals surface area (Å²) >= 11 is 5.46. The van der Waals surface area contributed by atoms with Gasteiger partial charge in [-0.25, -0.2) is 4.79 Å². The summed E-state index contributed by atoms with van der Waals surface area (Å²) in [6.45, 7) is 10.4. The Morgan fingerprint density at radius 3 is 1.49 bits per heavy atom. The smallest absolute Gasteiger partial charge is 0.422 e. The quantitative estimate of drug-likeness (QED) is 0.0965. The molecule has 230 valence electrons. The summed E-state index contributed by atoms with van der Waals surface area (Å²) in [5.74, 6) is -1.48. The normalized spacial score (nSPS) is 21.8. The molecule has 0 spiro atoms. The maximum atomic E-state index is 12.1. The molecule has 0 heterocycles. The Balaban J connectivity index is 0.000000320. The second-order valence-corrected chi connectivity index (χ2v) is 12.8. The standard InChI is InChI=1S/C13H19F3O3.C9H17ClO.C8H16O/c1-10(13(14,15)16)11(17)19-9-18-8-12(2)6-4-3-5-7-12;1-9(7-11-8-10)5-3-2-4-6-9;1-8(7-9)5-3-2-4-6-8/h1,3-9H2,2H3;2-8H2,1H3;9H,2-7H2,1H3. The van der Waals surface area contributed by atoms with Crippen molar-refractivity contribution >= 4 is 17.6 Å². The van der Waals surface area contributed by atoms with Crippen molar-refractivity contribution in [3.05, 3.63) is 12.2 Å². The molecule has 0 aliphatic heterocycles. The van der Waals surface area contributed by atoms with Crippen molar-refractivity contribution in [3.8, 4) is 0 Å². The van der Waals surface area contributed by atoms with E-state index in [1.165, 1.54) is 70.6 Å². The Morgan fingerprint density at radius 2 is 1.15 bits per heavy atom. The highest BCUT2D eigenvalue weighted by atomic mass is 35.5. The van der Waals surface area contributed by atoms with Crippen LogP contribution in [0.2, 0.25) is 0 Å². The molecule has 0 atom stereocenters. The summed E-state index contributed by atoms with van der Waals surface area (Å²) in [4.78, 5) is 11.0. The van der Waals surface area contributed by atoms with Gasteiger partial charge in [0.05, 0.1) is 13.2 Å². The van der Waals surface area contributed by atoms with Crippen molar-refractivity contribution in [2.24, 2.45) is 16.2 Å². The Morgan fingerprint density at radius 1 is 0.769 bits per heavy atom. The topological polar surface area (TPSA) is 65.0 Å². The number of rotatable bonds is 9. The molecule has 0 unspecified atom stereocenters. The predicted octanol–water partition coefficient (Wildman–Crippen LogP) is 8.71. The lowest BCUT2D eigenvalue weighted by molar-refractivity contribution is -0.164. The molecule has 0 bridgehead atoms. The summed E-state index contributed by atoms with van der Waals surface area (Å²) in [7, 11) is 0. The number of carbonyl (C=O) groups excluding carboxylic acids is 1. The third-order valence-corrected chi connectivity index (χ3v) is 8.56. The van der Waals surface area contributed by atoms with Crippen LogP contribution < -0.4 is 0 Å². The van der Waals surface area contributed by atoms with Crippen molar-refractivity contribution in [1.29, 1.82) is 0 Å². The van der Waals surface area contributed by atoms with Crippen LogP contribution in [0.1, 0.15) is 117 Å². The summed E-state index contributed by atoms with van der Waals surface area (Å²) in [5, 5.41) is 8.95. The van der Waals surface area contributed by atoms with Gasteiger partial charge in [0.25, 0.3) is 0 Å². The van der Waals surface area contributed by atoms with E-state index < -0.39 is 24.5 Å². The second kappa shape index (κ2) is 17.9. The van der Waals surface area contributed by atoms with Crippen molar-refractivity contribution in [3.63, 3.8) is 0 Å². The highest BCUT2D eigenvalue weighted by Crippen LogP contribution is 2.37. The van der Waals surface area contributed by atoms with E-state index in [1.807, 2.05) is 0 Å². The van der Waals surface area contributed by atoms with E-state index in [0.717, 1.165) is 32.3 Å². The van der Waals surface area contributed by atoms with Gasteiger partial charge in [-0.15, -0.1) is 0 Å². The van der Waals surface area contributed by atoms with Crippen LogP contribution in [0.5, 0.6) is 0 Å². The van der Waals surface area contributed by atoms with E-state index >= 15 is 0 Å². The summed E-state index contributed by atoms with van der Waals surface area (Å²) in [6.07, 6.45) is 14.0. The molecule has 9 heteroatoms. The van der Waals surface area contributed by atoms with E-state index in [2.05, 4.69) is 32.1 Å². The number of halogens is 4. The van der Waals surface area contributed by atoms with Crippen LogP contribution in [-0.4, -0.2) is 49.9 Å². The molecular formula is C30H52ClF3O5. The van der Waals surface area contributed by atoms with Gasteiger partial charge < -0.3 is 19.3 Å². The predicted molar refractivity (Wildman–Crippen MR) is 149 cm³/mol. The first-order chi connectivity index (χ1) is 18.3. The first kappa shape index (κ1) is 36.2. The fraction of sp³-hybridized carbons (Fsp3) is 0.900. The maximum Gasteiger partial charge on any atom is 0.422 e. The van der Waals surface area contributed by atoms with Crippen LogP contribution in [0.3, 0.4) is 0 Å². The van der Waals surface area contributed by atoms with E-state index in [0.29, 0.717) is 24.7 Å². The zero-order chi connectivity index (χ0) is 29.4. The van der Waals surface area contributed by atoms with Crippen molar-refractivity contribution < 1.29 is 37.3 Å². The monoisotopic (exact) mass is 584 g/mol. The van der Waals surface area contributed by atoms with Gasteiger partial charge in [0.2, 0.25) is 0 Å². The lowest BCUT2D eigenvalue weighted by atomic mass is 9.76. The minimum Gasteiger partial charge on any atom is -0.435 e. The molecular weight excluding hydrogens is 533 g/mol.